The number of aliphatic hydroxyl groups is 1. The van der Waals surface area contributed by atoms with Gasteiger partial charge in [0.2, 0.25) is 0 Å². The highest BCUT2D eigenvalue weighted by Gasteiger charge is 2.19. The Balaban J connectivity index is 1.31. The van der Waals surface area contributed by atoms with Crippen molar-refractivity contribution in [3.63, 3.8) is 0 Å². The van der Waals surface area contributed by atoms with E-state index >= 15 is 0 Å². The van der Waals surface area contributed by atoms with E-state index in [4.69, 9.17) is 16.3 Å². The SMILES string of the molecule is O[C@H](COCc1ccc(Cl)cc1)CN1CCN(Cc2ccccc2)CC1. The molecule has 0 unspecified atom stereocenters. The van der Waals surface area contributed by atoms with Gasteiger partial charge in [0, 0.05) is 44.3 Å². The molecule has 0 saturated carbocycles. The third-order valence-corrected chi connectivity index (χ3v) is 4.93. The third-order valence-electron chi connectivity index (χ3n) is 4.68. The van der Waals surface area contributed by atoms with E-state index in [0.717, 1.165) is 43.3 Å². The van der Waals surface area contributed by atoms with Crippen molar-refractivity contribution in [2.75, 3.05) is 39.3 Å². The van der Waals surface area contributed by atoms with Crippen LogP contribution in [0.5, 0.6) is 0 Å². The molecule has 1 aliphatic heterocycles. The van der Waals surface area contributed by atoms with E-state index in [1.54, 1.807) is 0 Å². The van der Waals surface area contributed by atoms with Crippen molar-refractivity contribution >= 4 is 11.6 Å². The Morgan fingerprint density at radius 3 is 2.23 bits per heavy atom. The van der Waals surface area contributed by atoms with Gasteiger partial charge in [-0.05, 0) is 23.3 Å². The lowest BCUT2D eigenvalue weighted by Crippen LogP contribution is -2.48. The van der Waals surface area contributed by atoms with Crippen LogP contribution in [0.4, 0.5) is 0 Å². The van der Waals surface area contributed by atoms with Crippen LogP contribution in [0.1, 0.15) is 11.1 Å². The van der Waals surface area contributed by atoms with Gasteiger partial charge in [-0.25, -0.2) is 0 Å². The molecule has 1 N–H and O–H groups in total. The first-order valence-corrected chi connectivity index (χ1v) is 9.56. The van der Waals surface area contributed by atoms with E-state index in [0.29, 0.717) is 19.8 Å². The van der Waals surface area contributed by atoms with Crippen molar-refractivity contribution < 1.29 is 9.84 Å². The minimum Gasteiger partial charge on any atom is -0.389 e. The Hall–Kier alpha value is -1.43. The molecule has 1 aliphatic rings. The zero-order valence-corrected chi connectivity index (χ0v) is 15.8. The highest BCUT2D eigenvalue weighted by Crippen LogP contribution is 2.11. The standard InChI is InChI=1S/C21H27ClN2O2/c22-20-8-6-19(7-9-20)16-26-17-21(25)15-24-12-10-23(11-13-24)14-18-4-2-1-3-5-18/h1-9,21,25H,10-17H2/t21-/m0/s1. The first-order chi connectivity index (χ1) is 12.7. The molecule has 3 rings (SSSR count). The summed E-state index contributed by atoms with van der Waals surface area (Å²) in [6.07, 6.45) is -0.456. The van der Waals surface area contributed by atoms with E-state index in [1.807, 2.05) is 24.3 Å². The zero-order chi connectivity index (χ0) is 18.2. The molecular weight excluding hydrogens is 348 g/mol. The van der Waals surface area contributed by atoms with E-state index < -0.39 is 6.10 Å². The number of piperazine rings is 1. The maximum absolute atomic E-state index is 10.2. The normalized spacial score (nSPS) is 17.3. The minimum atomic E-state index is -0.456. The topological polar surface area (TPSA) is 35.9 Å². The largest absolute Gasteiger partial charge is 0.389 e. The maximum atomic E-state index is 10.2. The summed E-state index contributed by atoms with van der Waals surface area (Å²) in [4.78, 5) is 4.78. The summed E-state index contributed by atoms with van der Waals surface area (Å²) in [6, 6.07) is 18.2. The van der Waals surface area contributed by atoms with Crippen LogP contribution in [0.2, 0.25) is 5.02 Å². The third kappa shape index (κ3) is 6.38. The van der Waals surface area contributed by atoms with Crippen molar-refractivity contribution in [2.24, 2.45) is 0 Å². The fourth-order valence-corrected chi connectivity index (χ4v) is 3.34. The van der Waals surface area contributed by atoms with Gasteiger partial charge >= 0.3 is 0 Å². The van der Waals surface area contributed by atoms with Crippen LogP contribution >= 0.6 is 11.6 Å². The van der Waals surface area contributed by atoms with Crippen molar-refractivity contribution in [3.05, 3.63) is 70.7 Å². The molecule has 140 valence electrons. The van der Waals surface area contributed by atoms with Crippen molar-refractivity contribution in [2.45, 2.75) is 19.3 Å². The summed E-state index contributed by atoms with van der Waals surface area (Å²) < 4.78 is 5.63. The number of halogens is 1. The fraction of sp³-hybridized carbons (Fsp3) is 0.429. The number of nitrogens with zero attached hydrogens (tertiary/aromatic N) is 2. The number of hydrogen-bond donors (Lipinski definition) is 1. The van der Waals surface area contributed by atoms with Crippen molar-refractivity contribution in [1.82, 2.24) is 9.80 Å². The molecule has 0 amide bonds. The number of ether oxygens (including phenoxy) is 1. The van der Waals surface area contributed by atoms with Crippen molar-refractivity contribution in [3.8, 4) is 0 Å². The number of hydrogen-bond acceptors (Lipinski definition) is 4. The average Bonchev–Trinajstić information content (AvgIpc) is 2.66. The minimum absolute atomic E-state index is 0.354. The Bertz CT molecular complexity index is 643. The zero-order valence-electron chi connectivity index (χ0n) is 15.1. The van der Waals surface area contributed by atoms with Crippen LogP contribution < -0.4 is 0 Å². The predicted octanol–water partition coefficient (Wildman–Crippen LogP) is 3.04. The van der Waals surface area contributed by atoms with Gasteiger partial charge in [0.1, 0.15) is 0 Å². The van der Waals surface area contributed by atoms with Gasteiger partial charge in [-0.3, -0.25) is 9.80 Å². The highest BCUT2D eigenvalue weighted by atomic mass is 35.5. The number of benzene rings is 2. The Kier molecular flexibility index (Phi) is 7.47. The maximum Gasteiger partial charge on any atom is 0.0900 e. The first-order valence-electron chi connectivity index (χ1n) is 9.18. The quantitative estimate of drug-likeness (QED) is 0.770. The molecule has 1 saturated heterocycles. The van der Waals surface area contributed by atoms with Crippen LogP contribution in [0.25, 0.3) is 0 Å². The van der Waals surface area contributed by atoms with Gasteiger partial charge in [0.25, 0.3) is 0 Å². The average molecular weight is 375 g/mol. The number of aliphatic hydroxyl groups excluding tert-OH is 1. The van der Waals surface area contributed by atoms with Gasteiger partial charge in [-0.2, -0.15) is 0 Å². The Morgan fingerprint density at radius 1 is 0.885 bits per heavy atom. The second-order valence-corrected chi connectivity index (χ2v) is 7.29. The lowest BCUT2D eigenvalue weighted by Gasteiger charge is -2.35. The van der Waals surface area contributed by atoms with Crippen LogP contribution in [-0.2, 0) is 17.9 Å². The first kappa shape index (κ1) is 19.3. The molecule has 26 heavy (non-hydrogen) atoms. The second-order valence-electron chi connectivity index (χ2n) is 6.86. The molecule has 4 nitrogen and oxygen atoms in total. The molecule has 1 heterocycles. The summed E-state index contributed by atoms with van der Waals surface area (Å²) in [5.41, 5.74) is 2.42. The molecule has 5 heteroatoms. The summed E-state index contributed by atoms with van der Waals surface area (Å²) >= 11 is 5.87. The molecule has 0 aromatic heterocycles. The van der Waals surface area contributed by atoms with Gasteiger partial charge in [-0.15, -0.1) is 0 Å². The molecule has 0 spiro atoms. The molecule has 1 fully saturated rings. The lowest BCUT2D eigenvalue weighted by molar-refractivity contribution is 0.000878. The molecule has 0 aliphatic carbocycles. The van der Waals surface area contributed by atoms with E-state index in [2.05, 4.69) is 40.1 Å². The Labute approximate surface area is 160 Å². The van der Waals surface area contributed by atoms with Gasteiger partial charge in [0.15, 0.2) is 0 Å². The monoisotopic (exact) mass is 374 g/mol. The molecule has 2 aromatic carbocycles. The van der Waals surface area contributed by atoms with Crippen LogP contribution in [0.3, 0.4) is 0 Å². The molecule has 0 radical (unpaired) electrons. The molecular formula is C21H27ClN2O2. The van der Waals surface area contributed by atoms with E-state index in [9.17, 15) is 5.11 Å². The molecule has 2 aromatic rings. The van der Waals surface area contributed by atoms with Crippen molar-refractivity contribution in [1.29, 1.82) is 0 Å². The van der Waals surface area contributed by atoms with E-state index in [-0.39, 0.29) is 0 Å². The van der Waals surface area contributed by atoms with Crippen LogP contribution in [-0.4, -0.2) is 60.3 Å². The highest BCUT2D eigenvalue weighted by molar-refractivity contribution is 6.30. The summed E-state index contributed by atoms with van der Waals surface area (Å²) in [6.45, 7) is 6.57. The summed E-state index contributed by atoms with van der Waals surface area (Å²) in [7, 11) is 0. The second kappa shape index (κ2) is 10.0. The van der Waals surface area contributed by atoms with Gasteiger partial charge in [-0.1, -0.05) is 54.1 Å². The number of rotatable bonds is 8. The van der Waals surface area contributed by atoms with Crippen LogP contribution in [0, 0.1) is 0 Å². The lowest BCUT2D eigenvalue weighted by atomic mass is 10.2. The molecule has 1 atom stereocenters. The summed E-state index contributed by atoms with van der Waals surface area (Å²) in [5, 5.41) is 10.9. The smallest absolute Gasteiger partial charge is 0.0900 e. The van der Waals surface area contributed by atoms with Gasteiger partial charge < -0.3 is 9.84 Å². The van der Waals surface area contributed by atoms with Gasteiger partial charge in [0.05, 0.1) is 19.3 Å². The number of β-amino-alcohol motifs (C(OH)–C–C–N with tert-alkyl or cyclic N) is 1. The van der Waals surface area contributed by atoms with Crippen LogP contribution in [0.15, 0.2) is 54.6 Å². The van der Waals surface area contributed by atoms with E-state index in [1.165, 1.54) is 5.56 Å². The predicted molar refractivity (Wildman–Crippen MR) is 105 cm³/mol. The molecule has 0 bridgehead atoms. The summed E-state index contributed by atoms with van der Waals surface area (Å²) in [5.74, 6) is 0. The Morgan fingerprint density at radius 2 is 1.54 bits per heavy atom. The fourth-order valence-electron chi connectivity index (χ4n) is 3.22.